The number of benzene rings is 1. The summed E-state index contributed by atoms with van der Waals surface area (Å²) in [5.74, 6) is -0.221. The molecular formula is C27H29FN4O4. The smallest absolute Gasteiger partial charge is 0.255 e. The molecule has 4 heterocycles. The minimum absolute atomic E-state index is 0.0309. The van der Waals surface area contributed by atoms with Gasteiger partial charge in [-0.05, 0) is 61.1 Å². The highest BCUT2D eigenvalue weighted by Crippen LogP contribution is 2.37. The quantitative estimate of drug-likeness (QED) is 0.646. The molecule has 1 aliphatic carbocycles. The highest BCUT2D eigenvalue weighted by Gasteiger charge is 2.41. The zero-order chi connectivity index (χ0) is 24.8. The van der Waals surface area contributed by atoms with E-state index in [4.69, 9.17) is 4.74 Å². The summed E-state index contributed by atoms with van der Waals surface area (Å²) in [5, 5.41) is 2.34. The molecule has 1 aromatic carbocycles. The van der Waals surface area contributed by atoms with E-state index in [0.29, 0.717) is 18.5 Å². The number of imide groups is 1. The standard InChI is InChI=1S/C27H29FN4O4/c28-21-12-29-10-9-19(21)17-13-31(14-17)22-3-1-2-4-24(22)36-18-5-6-20-16(11-18)15-32(27(20)35)23-7-8-25(33)30-26(23)34/h5-6,9-12,17,22-24H,1-4,7-8,13-15H2,(H,30,33,34)/t22-,23-,24-/m0/s1. The maximum Gasteiger partial charge on any atom is 0.255 e. The minimum atomic E-state index is -0.626. The van der Waals surface area contributed by atoms with Crippen molar-refractivity contribution in [2.45, 2.75) is 69.2 Å². The van der Waals surface area contributed by atoms with E-state index in [9.17, 15) is 18.8 Å². The first-order chi connectivity index (χ1) is 17.5. The van der Waals surface area contributed by atoms with Crippen LogP contribution in [-0.2, 0) is 16.1 Å². The number of carbonyl (C=O) groups excluding carboxylic acids is 3. The van der Waals surface area contributed by atoms with Gasteiger partial charge in [0.15, 0.2) is 0 Å². The Hall–Kier alpha value is -3.33. The van der Waals surface area contributed by atoms with Crippen LogP contribution in [0, 0.1) is 5.82 Å². The molecule has 1 saturated carbocycles. The van der Waals surface area contributed by atoms with Gasteiger partial charge in [0.05, 0.1) is 6.20 Å². The second kappa shape index (κ2) is 9.28. The lowest BCUT2D eigenvalue weighted by Crippen LogP contribution is -2.57. The van der Waals surface area contributed by atoms with E-state index >= 15 is 0 Å². The van der Waals surface area contributed by atoms with Crippen LogP contribution in [0.15, 0.2) is 36.7 Å². The molecule has 3 amide bonds. The van der Waals surface area contributed by atoms with Crippen LogP contribution in [0.3, 0.4) is 0 Å². The predicted octanol–water partition coefficient (Wildman–Crippen LogP) is 2.77. The fraction of sp³-hybridized carbons (Fsp3) is 0.481. The summed E-state index contributed by atoms with van der Waals surface area (Å²) in [6.07, 6.45) is 7.79. The zero-order valence-electron chi connectivity index (χ0n) is 20.0. The summed E-state index contributed by atoms with van der Waals surface area (Å²) >= 11 is 0. The third-order valence-corrected chi connectivity index (χ3v) is 8.07. The van der Waals surface area contributed by atoms with Crippen LogP contribution in [0.1, 0.15) is 65.9 Å². The molecule has 8 nitrogen and oxygen atoms in total. The van der Waals surface area contributed by atoms with Crippen molar-refractivity contribution in [2.75, 3.05) is 13.1 Å². The molecule has 2 saturated heterocycles. The van der Waals surface area contributed by atoms with Gasteiger partial charge in [-0.3, -0.25) is 29.6 Å². The molecule has 0 unspecified atom stereocenters. The molecule has 0 radical (unpaired) electrons. The summed E-state index contributed by atoms with van der Waals surface area (Å²) in [4.78, 5) is 44.6. The number of halogens is 1. The van der Waals surface area contributed by atoms with Crippen LogP contribution in [0.2, 0.25) is 0 Å². The molecule has 2 aromatic rings. The van der Waals surface area contributed by atoms with Gasteiger partial charge >= 0.3 is 0 Å². The molecule has 3 aliphatic heterocycles. The van der Waals surface area contributed by atoms with Crippen molar-refractivity contribution in [3.63, 3.8) is 0 Å². The van der Waals surface area contributed by atoms with Gasteiger partial charge in [-0.1, -0.05) is 6.42 Å². The van der Waals surface area contributed by atoms with Gasteiger partial charge in [0.1, 0.15) is 23.7 Å². The predicted molar refractivity (Wildman–Crippen MR) is 128 cm³/mol. The number of hydrogen-bond acceptors (Lipinski definition) is 6. The number of likely N-dealkylation sites (tertiary alicyclic amines) is 1. The fourth-order valence-electron chi connectivity index (χ4n) is 6.13. The second-order valence-electron chi connectivity index (χ2n) is 10.3. The Morgan fingerprint density at radius 3 is 2.69 bits per heavy atom. The first-order valence-corrected chi connectivity index (χ1v) is 12.8. The monoisotopic (exact) mass is 492 g/mol. The molecule has 0 spiro atoms. The van der Waals surface area contributed by atoms with Crippen LogP contribution in [0.4, 0.5) is 4.39 Å². The molecule has 1 aromatic heterocycles. The molecule has 6 rings (SSSR count). The number of fused-ring (bicyclic) bond motifs is 1. The molecule has 3 fully saturated rings. The van der Waals surface area contributed by atoms with Gasteiger partial charge in [0, 0.05) is 49.8 Å². The number of rotatable bonds is 5. The van der Waals surface area contributed by atoms with Crippen LogP contribution in [-0.4, -0.2) is 63.8 Å². The summed E-state index contributed by atoms with van der Waals surface area (Å²) in [6.45, 7) is 1.95. The number of piperidine rings is 1. The van der Waals surface area contributed by atoms with Gasteiger partial charge in [-0.15, -0.1) is 0 Å². The highest BCUT2D eigenvalue weighted by molar-refractivity contribution is 6.05. The maximum absolute atomic E-state index is 14.1. The van der Waals surface area contributed by atoms with Gasteiger partial charge in [-0.2, -0.15) is 0 Å². The number of pyridine rings is 1. The molecule has 1 N–H and O–H groups in total. The minimum Gasteiger partial charge on any atom is -0.489 e. The maximum atomic E-state index is 14.1. The number of aromatic nitrogens is 1. The Labute approximate surface area is 208 Å². The topological polar surface area (TPSA) is 91.8 Å². The summed E-state index contributed by atoms with van der Waals surface area (Å²) < 4.78 is 20.6. The lowest BCUT2D eigenvalue weighted by Gasteiger charge is -2.48. The van der Waals surface area contributed by atoms with E-state index in [0.717, 1.165) is 55.6 Å². The molecule has 3 atom stereocenters. The van der Waals surface area contributed by atoms with E-state index < -0.39 is 11.9 Å². The number of nitrogens with one attached hydrogen (secondary N) is 1. The number of amides is 3. The Balaban J connectivity index is 1.12. The zero-order valence-corrected chi connectivity index (χ0v) is 20.0. The van der Waals surface area contributed by atoms with Crippen molar-refractivity contribution in [1.82, 2.24) is 20.1 Å². The first kappa shape index (κ1) is 23.1. The second-order valence-corrected chi connectivity index (χ2v) is 10.3. The van der Waals surface area contributed by atoms with Crippen molar-refractivity contribution in [2.24, 2.45) is 0 Å². The molecule has 188 valence electrons. The average molecular weight is 493 g/mol. The van der Waals surface area contributed by atoms with Gasteiger partial charge in [-0.25, -0.2) is 4.39 Å². The van der Waals surface area contributed by atoms with Crippen LogP contribution < -0.4 is 10.1 Å². The van der Waals surface area contributed by atoms with E-state index in [2.05, 4.69) is 15.2 Å². The van der Waals surface area contributed by atoms with E-state index in [1.807, 2.05) is 12.1 Å². The third kappa shape index (κ3) is 4.15. The highest BCUT2D eigenvalue weighted by atomic mass is 19.1. The number of ether oxygens (including phenoxy) is 1. The molecule has 9 heteroatoms. The summed E-state index contributed by atoms with van der Waals surface area (Å²) in [7, 11) is 0. The lowest BCUT2D eigenvalue weighted by atomic mass is 9.84. The van der Waals surface area contributed by atoms with Crippen molar-refractivity contribution in [3.8, 4) is 5.75 Å². The van der Waals surface area contributed by atoms with Gasteiger partial charge in [0.2, 0.25) is 11.8 Å². The Morgan fingerprint density at radius 1 is 1.06 bits per heavy atom. The molecule has 36 heavy (non-hydrogen) atoms. The Bertz CT molecular complexity index is 1210. The average Bonchev–Trinajstić information content (AvgIpc) is 3.16. The van der Waals surface area contributed by atoms with Crippen LogP contribution in [0.5, 0.6) is 5.75 Å². The largest absolute Gasteiger partial charge is 0.489 e. The normalized spacial score (nSPS) is 27.0. The summed E-state index contributed by atoms with van der Waals surface area (Å²) in [6, 6.07) is 6.95. The van der Waals surface area contributed by atoms with Crippen molar-refractivity contribution in [1.29, 1.82) is 0 Å². The van der Waals surface area contributed by atoms with E-state index in [1.54, 1.807) is 23.2 Å². The van der Waals surface area contributed by atoms with E-state index in [1.165, 1.54) is 6.20 Å². The third-order valence-electron chi connectivity index (χ3n) is 8.07. The van der Waals surface area contributed by atoms with Crippen molar-refractivity contribution in [3.05, 3.63) is 59.2 Å². The van der Waals surface area contributed by atoms with Crippen molar-refractivity contribution >= 4 is 17.7 Å². The number of nitrogens with zero attached hydrogens (tertiary/aromatic N) is 3. The van der Waals surface area contributed by atoms with Gasteiger partial charge < -0.3 is 9.64 Å². The van der Waals surface area contributed by atoms with Gasteiger partial charge in [0.25, 0.3) is 5.91 Å². The van der Waals surface area contributed by atoms with Crippen LogP contribution in [0.25, 0.3) is 0 Å². The first-order valence-electron chi connectivity index (χ1n) is 12.8. The van der Waals surface area contributed by atoms with E-state index in [-0.39, 0.29) is 42.1 Å². The Morgan fingerprint density at radius 2 is 1.89 bits per heavy atom. The summed E-state index contributed by atoms with van der Waals surface area (Å²) in [5.41, 5.74) is 2.15. The Kier molecular flexibility index (Phi) is 5.95. The fourth-order valence-corrected chi connectivity index (χ4v) is 6.13. The van der Waals surface area contributed by atoms with Crippen molar-refractivity contribution < 1.29 is 23.5 Å². The molecular weight excluding hydrogens is 463 g/mol. The lowest BCUT2D eigenvalue weighted by molar-refractivity contribution is -0.136. The molecule has 4 aliphatic rings. The number of carbonyl (C=O) groups is 3. The van der Waals surface area contributed by atoms with Crippen LogP contribution >= 0.6 is 0 Å². The number of hydrogen-bond donors (Lipinski definition) is 1. The molecule has 0 bridgehead atoms. The SMILES string of the molecule is O=C1CC[C@H](N2Cc3cc(O[C@H]4CCCC[C@@H]4N4CC(c5ccncc5F)C4)ccc3C2=O)C(=O)N1.